The summed E-state index contributed by atoms with van der Waals surface area (Å²) in [6.45, 7) is 4.56. The maximum Gasteiger partial charge on any atom is 0.114 e. The molecule has 0 aliphatic rings. The molecule has 7 heteroatoms. The van der Waals surface area contributed by atoms with Gasteiger partial charge in [0.1, 0.15) is 11.0 Å². The summed E-state index contributed by atoms with van der Waals surface area (Å²) >= 11 is 8.88. The molecule has 0 amide bonds. The van der Waals surface area contributed by atoms with Crippen molar-refractivity contribution in [2.24, 2.45) is 0 Å². The van der Waals surface area contributed by atoms with E-state index < -0.39 is 0 Å². The van der Waals surface area contributed by atoms with Crippen molar-refractivity contribution in [2.45, 2.75) is 78.1 Å². The number of thiophene rings is 4. The van der Waals surface area contributed by atoms with Gasteiger partial charge in [-0.15, -0.1) is 45.3 Å². The molecule has 0 atom stereocenters. The third kappa shape index (κ3) is 6.45. The maximum atomic E-state index is 4.87. The summed E-state index contributed by atoms with van der Waals surface area (Å²) in [7, 11) is 0. The molecule has 5 aromatic heterocycles. The highest BCUT2D eigenvalue weighted by Gasteiger charge is 2.20. The first-order valence-corrected chi connectivity index (χ1v) is 19.0. The molecule has 0 unspecified atom stereocenters. The summed E-state index contributed by atoms with van der Waals surface area (Å²) in [5.74, 6) is 0. The largest absolute Gasteiger partial charge is 0.172 e. The normalized spacial score (nSPS) is 11.7. The molecule has 0 fully saturated rings. The summed E-state index contributed by atoms with van der Waals surface area (Å²) in [5.41, 5.74) is 7.48. The van der Waals surface area contributed by atoms with Crippen molar-refractivity contribution in [1.82, 2.24) is 8.75 Å². The topological polar surface area (TPSA) is 25.8 Å². The van der Waals surface area contributed by atoms with Crippen molar-refractivity contribution in [3.63, 3.8) is 0 Å². The number of aryl methyl sites for hydroxylation is 2. The lowest BCUT2D eigenvalue weighted by atomic mass is 10.0. The van der Waals surface area contributed by atoms with Gasteiger partial charge in [-0.3, -0.25) is 0 Å². The maximum absolute atomic E-state index is 4.87. The summed E-state index contributed by atoms with van der Waals surface area (Å²) < 4.78 is 9.73. The Labute approximate surface area is 264 Å². The van der Waals surface area contributed by atoms with E-state index in [1.807, 2.05) is 45.3 Å². The van der Waals surface area contributed by atoms with Gasteiger partial charge in [0.25, 0.3) is 0 Å². The molecule has 6 rings (SSSR count). The van der Waals surface area contributed by atoms with Gasteiger partial charge in [0.05, 0.1) is 11.7 Å². The minimum atomic E-state index is 1.04. The molecule has 0 radical (unpaired) electrons. The standard InChI is InChI=1S/C34H36N2S5/c1-3-5-7-9-13-23-21-29(39-33(23)27-15-11-19-37-27)25-17-18-26(32-31(25)35-41-36-32)30-22-24(14-10-8-6-4-2)34(40-30)28-16-12-20-38-28/h11-12,15-22H,3-10,13-14H2,1-2H3. The SMILES string of the molecule is CCCCCCc1cc(-c2ccc(-c3cc(CCCCCC)c(-c4cccs4)s3)c3nsnc23)sc1-c1cccs1. The molecule has 212 valence electrons. The average molecular weight is 633 g/mol. The minimum Gasteiger partial charge on any atom is -0.172 e. The fourth-order valence-corrected chi connectivity index (χ4v) is 10.3. The highest BCUT2D eigenvalue weighted by Crippen LogP contribution is 2.46. The third-order valence-corrected chi connectivity index (χ3v) is 12.7. The van der Waals surface area contributed by atoms with Crippen molar-refractivity contribution >= 4 is 68.1 Å². The number of nitrogens with zero attached hydrogens (tertiary/aromatic N) is 2. The molecule has 0 saturated carbocycles. The Morgan fingerprint density at radius 1 is 0.561 bits per heavy atom. The Morgan fingerprint density at radius 2 is 1.05 bits per heavy atom. The van der Waals surface area contributed by atoms with Gasteiger partial charge >= 0.3 is 0 Å². The van der Waals surface area contributed by atoms with E-state index in [-0.39, 0.29) is 0 Å². The predicted molar refractivity (Wildman–Crippen MR) is 186 cm³/mol. The first-order chi connectivity index (χ1) is 20.3. The number of hydrogen-bond acceptors (Lipinski definition) is 7. The van der Waals surface area contributed by atoms with Gasteiger partial charge in [0.15, 0.2) is 0 Å². The van der Waals surface area contributed by atoms with Gasteiger partial charge in [0.2, 0.25) is 0 Å². The van der Waals surface area contributed by atoms with E-state index in [2.05, 4.69) is 73.1 Å². The van der Waals surface area contributed by atoms with Crippen LogP contribution in [-0.4, -0.2) is 8.75 Å². The first-order valence-electron chi connectivity index (χ1n) is 14.9. The smallest absolute Gasteiger partial charge is 0.114 e. The van der Waals surface area contributed by atoms with E-state index in [1.165, 1.54) is 115 Å². The van der Waals surface area contributed by atoms with Crippen LogP contribution in [-0.2, 0) is 12.8 Å². The summed E-state index contributed by atoms with van der Waals surface area (Å²) in [5, 5.41) is 4.38. The van der Waals surface area contributed by atoms with Gasteiger partial charge in [-0.25, -0.2) is 0 Å². The lowest BCUT2D eigenvalue weighted by molar-refractivity contribution is 0.668. The zero-order valence-corrected chi connectivity index (χ0v) is 27.9. The fourth-order valence-electron chi connectivity index (χ4n) is 5.48. The Hall–Kier alpha value is -2.16. The van der Waals surface area contributed by atoms with Gasteiger partial charge in [-0.2, -0.15) is 8.75 Å². The third-order valence-electron chi connectivity index (χ3n) is 7.65. The van der Waals surface area contributed by atoms with Crippen LogP contribution >= 0.6 is 57.1 Å². The van der Waals surface area contributed by atoms with E-state index in [4.69, 9.17) is 8.75 Å². The van der Waals surface area contributed by atoms with E-state index in [1.54, 1.807) is 0 Å². The molecule has 0 aliphatic carbocycles. The zero-order chi connectivity index (χ0) is 28.0. The monoisotopic (exact) mass is 632 g/mol. The second-order valence-corrected chi connectivity index (χ2v) is 15.2. The van der Waals surface area contributed by atoms with Crippen LogP contribution in [0.25, 0.3) is 51.4 Å². The van der Waals surface area contributed by atoms with E-state index in [0.717, 1.165) is 23.9 Å². The van der Waals surface area contributed by atoms with Crippen molar-refractivity contribution in [3.8, 4) is 40.4 Å². The molecule has 5 heterocycles. The van der Waals surface area contributed by atoms with Crippen molar-refractivity contribution in [2.75, 3.05) is 0 Å². The van der Waals surface area contributed by atoms with Crippen molar-refractivity contribution in [3.05, 3.63) is 70.4 Å². The van der Waals surface area contributed by atoms with Gasteiger partial charge in [-0.05, 0) is 71.8 Å². The quantitative estimate of drug-likeness (QED) is 0.112. The van der Waals surface area contributed by atoms with Crippen LogP contribution < -0.4 is 0 Å². The van der Waals surface area contributed by atoms with Crippen LogP contribution in [0.3, 0.4) is 0 Å². The van der Waals surface area contributed by atoms with Crippen molar-refractivity contribution < 1.29 is 0 Å². The van der Waals surface area contributed by atoms with Crippen LogP contribution in [0.15, 0.2) is 59.3 Å². The zero-order valence-electron chi connectivity index (χ0n) is 23.8. The molecule has 0 bridgehead atoms. The van der Waals surface area contributed by atoms with E-state index >= 15 is 0 Å². The highest BCUT2D eigenvalue weighted by atomic mass is 32.1. The molecular formula is C34H36N2S5. The molecular weight excluding hydrogens is 597 g/mol. The Bertz CT molecular complexity index is 1540. The van der Waals surface area contributed by atoms with E-state index in [0.29, 0.717) is 0 Å². The lowest BCUT2D eigenvalue weighted by Gasteiger charge is -2.03. The second-order valence-electron chi connectivity index (χ2n) is 10.6. The van der Waals surface area contributed by atoms with Crippen molar-refractivity contribution in [1.29, 1.82) is 0 Å². The average Bonchev–Trinajstić information content (AvgIpc) is 3.82. The molecule has 41 heavy (non-hydrogen) atoms. The second kappa shape index (κ2) is 13.9. The van der Waals surface area contributed by atoms with Crippen LogP contribution in [0.2, 0.25) is 0 Å². The Balaban J connectivity index is 1.36. The number of fused-ring (bicyclic) bond motifs is 1. The van der Waals surface area contributed by atoms with E-state index in [9.17, 15) is 0 Å². The molecule has 0 N–H and O–H groups in total. The van der Waals surface area contributed by atoms with Crippen LogP contribution in [0.1, 0.15) is 76.3 Å². The van der Waals surface area contributed by atoms with Crippen LogP contribution in [0.5, 0.6) is 0 Å². The lowest BCUT2D eigenvalue weighted by Crippen LogP contribution is -1.86. The van der Waals surface area contributed by atoms with Gasteiger partial charge in [-0.1, -0.05) is 76.6 Å². The summed E-state index contributed by atoms with van der Waals surface area (Å²) in [6.07, 6.45) is 12.6. The fraction of sp³-hybridized carbons (Fsp3) is 0.353. The number of benzene rings is 1. The number of aromatic nitrogens is 2. The Kier molecular flexibility index (Phi) is 9.79. The molecule has 1 aromatic carbocycles. The van der Waals surface area contributed by atoms with Crippen LogP contribution in [0, 0.1) is 0 Å². The van der Waals surface area contributed by atoms with Crippen LogP contribution in [0.4, 0.5) is 0 Å². The molecule has 6 aromatic rings. The Morgan fingerprint density at radius 3 is 1.46 bits per heavy atom. The summed E-state index contributed by atoms with van der Waals surface area (Å²) in [6, 6.07) is 18.3. The molecule has 2 nitrogen and oxygen atoms in total. The predicted octanol–water partition coefficient (Wildman–Crippen LogP) is 12.9. The minimum absolute atomic E-state index is 1.04. The molecule has 0 spiro atoms. The highest BCUT2D eigenvalue weighted by molar-refractivity contribution is 7.24. The van der Waals surface area contributed by atoms with Gasteiger partial charge < -0.3 is 0 Å². The first kappa shape index (κ1) is 28.9. The number of rotatable bonds is 14. The van der Waals surface area contributed by atoms with Gasteiger partial charge in [0, 0.05) is 40.4 Å². The summed E-state index contributed by atoms with van der Waals surface area (Å²) in [4.78, 5) is 8.23. The number of hydrogen-bond donors (Lipinski definition) is 0. The number of unbranched alkanes of at least 4 members (excludes halogenated alkanes) is 6. The molecule has 0 aliphatic heterocycles. The molecule has 0 saturated heterocycles.